The molecule has 1 aromatic carbocycles. The van der Waals surface area contributed by atoms with Crippen molar-refractivity contribution in [2.24, 2.45) is 0 Å². The number of benzene rings is 1. The minimum absolute atomic E-state index is 0.00472. The van der Waals surface area contributed by atoms with E-state index in [0.717, 1.165) is 10.7 Å². The highest BCUT2D eigenvalue weighted by molar-refractivity contribution is 6.00. The highest BCUT2D eigenvalue weighted by Crippen LogP contribution is 2.25. The second-order valence-electron chi connectivity index (χ2n) is 8.72. The van der Waals surface area contributed by atoms with Gasteiger partial charge in [-0.3, -0.25) is 29.0 Å². The van der Waals surface area contributed by atoms with Crippen LogP contribution in [0.1, 0.15) is 42.5 Å². The average Bonchev–Trinajstić information content (AvgIpc) is 2.95. The molecular weight excluding hydrogens is 458 g/mol. The van der Waals surface area contributed by atoms with Gasteiger partial charge in [-0.1, -0.05) is 6.07 Å². The lowest BCUT2D eigenvalue weighted by Crippen LogP contribution is -2.64. The molecule has 2 aliphatic heterocycles. The fourth-order valence-electron chi connectivity index (χ4n) is 4.17. The second-order valence-corrected chi connectivity index (χ2v) is 8.72. The normalized spacial score (nSPS) is 20.9. The largest absolute Gasteiger partial charge is 0.481 e. The van der Waals surface area contributed by atoms with Crippen molar-refractivity contribution in [3.8, 4) is 0 Å². The van der Waals surface area contributed by atoms with Crippen molar-refractivity contribution in [3.05, 3.63) is 29.8 Å². The summed E-state index contributed by atoms with van der Waals surface area (Å²) < 4.78 is 0. The molecule has 0 aromatic heterocycles. The van der Waals surface area contributed by atoms with Crippen molar-refractivity contribution < 1.29 is 33.9 Å². The molecule has 0 aliphatic carbocycles. The van der Waals surface area contributed by atoms with E-state index in [-0.39, 0.29) is 31.7 Å². The van der Waals surface area contributed by atoms with Crippen LogP contribution in [0.4, 0.5) is 5.69 Å². The Morgan fingerprint density at radius 2 is 1.97 bits per heavy atom. The molecular formula is C23H29N5O7. The number of hydrogen-bond acceptors (Lipinski definition) is 7. The summed E-state index contributed by atoms with van der Waals surface area (Å²) in [6.45, 7) is 0.228. The van der Waals surface area contributed by atoms with Crippen LogP contribution in [-0.2, 0) is 24.0 Å². The van der Waals surface area contributed by atoms with Gasteiger partial charge in [-0.05, 0) is 37.5 Å². The Morgan fingerprint density at radius 1 is 1.23 bits per heavy atom. The van der Waals surface area contributed by atoms with Crippen molar-refractivity contribution in [1.29, 1.82) is 0 Å². The van der Waals surface area contributed by atoms with Crippen molar-refractivity contribution in [1.82, 2.24) is 20.7 Å². The number of hydrazine groups is 1. The molecule has 35 heavy (non-hydrogen) atoms. The van der Waals surface area contributed by atoms with Crippen LogP contribution >= 0.6 is 0 Å². The van der Waals surface area contributed by atoms with Crippen LogP contribution in [0.3, 0.4) is 0 Å². The summed E-state index contributed by atoms with van der Waals surface area (Å²) in [5.41, 5.74) is 1.14. The zero-order valence-corrected chi connectivity index (χ0v) is 19.6. The fraction of sp³-hybridized carbons (Fsp3) is 0.478. The van der Waals surface area contributed by atoms with Crippen LogP contribution in [0.15, 0.2) is 24.3 Å². The number of aldehydes is 1. The molecule has 3 unspecified atom stereocenters. The van der Waals surface area contributed by atoms with E-state index in [2.05, 4.69) is 10.6 Å². The van der Waals surface area contributed by atoms with E-state index in [1.165, 1.54) is 5.01 Å². The molecule has 12 nitrogen and oxygen atoms in total. The molecule has 2 aliphatic rings. The summed E-state index contributed by atoms with van der Waals surface area (Å²) in [7, 11) is 3.67. The van der Waals surface area contributed by atoms with Crippen LogP contribution in [0.25, 0.3) is 0 Å². The summed E-state index contributed by atoms with van der Waals surface area (Å²) in [4.78, 5) is 76.1. The molecule has 2 heterocycles. The molecule has 2 saturated heterocycles. The van der Waals surface area contributed by atoms with E-state index < -0.39 is 48.2 Å². The third kappa shape index (κ3) is 5.94. The maximum Gasteiger partial charge on any atom is 0.305 e. The highest BCUT2D eigenvalue weighted by Gasteiger charge is 2.45. The number of anilines is 1. The first-order valence-electron chi connectivity index (χ1n) is 11.3. The number of carboxylic acid groups (broad SMARTS) is 1. The number of hydrogen-bond donors (Lipinski definition) is 3. The molecule has 4 amide bonds. The van der Waals surface area contributed by atoms with Gasteiger partial charge in [-0.2, -0.15) is 0 Å². The molecule has 2 fully saturated rings. The number of nitrogens with one attached hydrogen (secondary N) is 2. The number of carboxylic acids is 1. The quantitative estimate of drug-likeness (QED) is 0.416. The minimum atomic E-state index is -1.27. The number of aliphatic carboxylic acids is 1. The van der Waals surface area contributed by atoms with Crippen molar-refractivity contribution in [2.45, 2.75) is 50.2 Å². The number of carbonyl (C=O) groups is 6. The van der Waals surface area contributed by atoms with Gasteiger partial charge < -0.3 is 25.4 Å². The minimum Gasteiger partial charge on any atom is -0.481 e. The van der Waals surface area contributed by atoms with Gasteiger partial charge in [0.05, 0.1) is 12.5 Å². The number of rotatable bonds is 8. The van der Waals surface area contributed by atoms with Crippen molar-refractivity contribution >= 4 is 41.6 Å². The predicted molar refractivity (Wildman–Crippen MR) is 123 cm³/mol. The first-order chi connectivity index (χ1) is 16.6. The molecule has 3 rings (SSSR count). The Balaban J connectivity index is 1.81. The van der Waals surface area contributed by atoms with E-state index >= 15 is 0 Å². The van der Waals surface area contributed by atoms with Gasteiger partial charge in [0.15, 0.2) is 0 Å². The SMILES string of the molecule is CN(C)c1cccc(C(=O)NC2CCC(=O)N3CCCC(C(=O)NC(C=O)CC(=O)O)N3C2=O)c1. The number of nitrogens with zero attached hydrogens (tertiary/aromatic N) is 3. The zero-order chi connectivity index (χ0) is 25.7. The maximum absolute atomic E-state index is 13.5. The van der Waals surface area contributed by atoms with Gasteiger partial charge in [0.1, 0.15) is 18.4 Å². The van der Waals surface area contributed by atoms with Crippen LogP contribution in [-0.4, -0.2) is 89.8 Å². The summed E-state index contributed by atoms with van der Waals surface area (Å²) in [5.74, 6) is -3.48. The molecule has 188 valence electrons. The molecule has 3 N–H and O–H groups in total. The van der Waals surface area contributed by atoms with E-state index in [9.17, 15) is 28.8 Å². The van der Waals surface area contributed by atoms with Crippen LogP contribution in [0.2, 0.25) is 0 Å². The molecule has 0 spiro atoms. The summed E-state index contributed by atoms with van der Waals surface area (Å²) >= 11 is 0. The Bertz CT molecular complexity index is 1030. The second kappa shape index (κ2) is 11.0. The van der Waals surface area contributed by atoms with E-state index in [1.807, 2.05) is 25.1 Å². The van der Waals surface area contributed by atoms with E-state index in [0.29, 0.717) is 18.3 Å². The molecule has 0 saturated carbocycles. The Hall–Kier alpha value is -3.96. The van der Waals surface area contributed by atoms with Crippen LogP contribution in [0.5, 0.6) is 0 Å². The summed E-state index contributed by atoms with van der Waals surface area (Å²) in [6.07, 6.45) is 0.414. The Kier molecular flexibility index (Phi) is 8.05. The zero-order valence-electron chi connectivity index (χ0n) is 19.6. The van der Waals surface area contributed by atoms with Gasteiger partial charge in [0.2, 0.25) is 11.8 Å². The first-order valence-corrected chi connectivity index (χ1v) is 11.3. The average molecular weight is 488 g/mol. The lowest BCUT2D eigenvalue weighted by molar-refractivity contribution is -0.176. The van der Waals surface area contributed by atoms with Crippen LogP contribution in [0, 0.1) is 0 Å². The monoisotopic (exact) mass is 487 g/mol. The van der Waals surface area contributed by atoms with Gasteiger partial charge in [-0.25, -0.2) is 5.01 Å². The lowest BCUT2D eigenvalue weighted by Gasteiger charge is -2.43. The number of fused-ring (bicyclic) bond motifs is 1. The molecule has 0 bridgehead atoms. The molecule has 12 heteroatoms. The maximum atomic E-state index is 13.5. The third-order valence-electron chi connectivity index (χ3n) is 5.98. The Labute approximate surface area is 202 Å². The summed E-state index contributed by atoms with van der Waals surface area (Å²) in [6, 6.07) is 3.40. The molecule has 1 aromatic rings. The topological polar surface area (TPSA) is 156 Å². The van der Waals surface area contributed by atoms with Gasteiger partial charge in [0, 0.05) is 38.3 Å². The fourth-order valence-corrected chi connectivity index (χ4v) is 4.17. The van der Waals surface area contributed by atoms with Gasteiger partial charge >= 0.3 is 5.97 Å². The highest BCUT2D eigenvalue weighted by atomic mass is 16.4. The smallest absolute Gasteiger partial charge is 0.305 e. The predicted octanol–water partition coefficient (Wildman–Crippen LogP) is -0.462. The Morgan fingerprint density at radius 3 is 2.63 bits per heavy atom. The first kappa shape index (κ1) is 25.7. The molecule has 0 radical (unpaired) electrons. The molecule has 3 atom stereocenters. The number of amides is 4. The van der Waals surface area contributed by atoms with Gasteiger partial charge in [0.25, 0.3) is 11.8 Å². The lowest BCUT2D eigenvalue weighted by atomic mass is 10.0. The van der Waals surface area contributed by atoms with Crippen LogP contribution < -0.4 is 15.5 Å². The van der Waals surface area contributed by atoms with E-state index in [4.69, 9.17) is 5.11 Å². The van der Waals surface area contributed by atoms with Gasteiger partial charge in [-0.15, -0.1) is 0 Å². The van der Waals surface area contributed by atoms with Crippen molar-refractivity contribution in [2.75, 3.05) is 25.5 Å². The standard InChI is InChI=1S/C23H29N5O7/c1-26(2)16-6-3-5-14(11-16)21(33)25-17-8-9-19(30)27-10-4-7-18(28(27)23(17)35)22(34)24-15(13-29)12-20(31)32/h3,5-6,11,13,15,17-18H,4,7-10,12H2,1-2H3,(H,24,34)(H,25,33)(H,31,32). The van der Waals surface area contributed by atoms with E-state index in [1.54, 1.807) is 18.2 Å². The summed E-state index contributed by atoms with van der Waals surface area (Å²) in [5, 5.41) is 16.2. The third-order valence-corrected chi connectivity index (χ3v) is 5.98. The number of carbonyl (C=O) groups excluding carboxylic acids is 5. The van der Waals surface area contributed by atoms with Crippen molar-refractivity contribution in [3.63, 3.8) is 0 Å².